The summed E-state index contributed by atoms with van der Waals surface area (Å²) in [4.78, 5) is 15.3. The van der Waals surface area contributed by atoms with E-state index in [0.29, 0.717) is 12.2 Å². The second-order valence-corrected chi connectivity index (χ2v) is 7.78. The number of esters is 1. The van der Waals surface area contributed by atoms with E-state index in [0.717, 1.165) is 67.8 Å². The molecule has 3 heterocycles. The highest BCUT2D eigenvalue weighted by atomic mass is 16.5. The molecule has 0 aromatic heterocycles. The van der Waals surface area contributed by atoms with Crippen molar-refractivity contribution < 1.29 is 19.4 Å². The number of fused-ring (bicyclic) bond motifs is 4. The first-order chi connectivity index (χ1) is 12.6. The summed E-state index contributed by atoms with van der Waals surface area (Å²) in [5.74, 6) is 0.505. The van der Waals surface area contributed by atoms with Crippen LogP contribution in [0.5, 0.6) is 5.75 Å². The Hall–Kier alpha value is -1.85. The number of hydrogen-bond donors (Lipinski definition) is 1. The second kappa shape index (κ2) is 7.05. The molecule has 0 spiro atoms. The smallest absolute Gasteiger partial charge is 0.338 e. The maximum Gasteiger partial charge on any atom is 0.338 e. The molecular weight excluding hydrogens is 330 g/mol. The number of carbonyl (C=O) groups is 1. The number of benzene rings is 1. The number of nitrogens with zero attached hydrogens (tertiary/aromatic N) is 1. The van der Waals surface area contributed by atoms with Gasteiger partial charge in [0, 0.05) is 5.41 Å². The van der Waals surface area contributed by atoms with E-state index in [-0.39, 0.29) is 24.6 Å². The number of carbonyl (C=O) groups excluding carboxylic acids is 1. The van der Waals surface area contributed by atoms with Gasteiger partial charge in [-0.2, -0.15) is 0 Å². The summed E-state index contributed by atoms with van der Waals surface area (Å²) >= 11 is 0. The first kappa shape index (κ1) is 17.6. The van der Waals surface area contributed by atoms with E-state index in [9.17, 15) is 4.79 Å². The highest BCUT2D eigenvalue weighted by Crippen LogP contribution is 2.41. The molecule has 0 saturated carbocycles. The van der Waals surface area contributed by atoms with Gasteiger partial charge in [-0.3, -0.25) is 0 Å². The number of piperidine rings is 3. The molecule has 5 rings (SSSR count). The predicted octanol–water partition coefficient (Wildman–Crippen LogP) is 2.33. The molecule has 0 unspecified atom stereocenters. The Kier molecular flexibility index (Phi) is 4.76. The van der Waals surface area contributed by atoms with E-state index in [1.165, 1.54) is 0 Å². The van der Waals surface area contributed by atoms with E-state index in [1.807, 2.05) is 25.1 Å². The van der Waals surface area contributed by atoms with Gasteiger partial charge in [0.15, 0.2) is 0 Å². The van der Waals surface area contributed by atoms with E-state index in [1.54, 1.807) is 0 Å². The minimum absolute atomic E-state index is 0.0270. The minimum atomic E-state index is -0.214. The second-order valence-electron chi connectivity index (χ2n) is 7.78. The third-order valence-corrected chi connectivity index (χ3v) is 6.25. The van der Waals surface area contributed by atoms with Crippen molar-refractivity contribution in [2.75, 3.05) is 39.5 Å². The highest BCUT2D eigenvalue weighted by molar-refractivity contribution is 6.18. The minimum Gasteiger partial charge on any atom is -0.491 e. The van der Waals surface area contributed by atoms with E-state index in [4.69, 9.17) is 14.6 Å². The number of aliphatic hydroxyl groups excluding tert-OH is 1. The van der Waals surface area contributed by atoms with Gasteiger partial charge < -0.3 is 19.5 Å². The number of hydrogen-bond acceptors (Lipinski definition) is 5. The van der Waals surface area contributed by atoms with Crippen LogP contribution in [0.2, 0.25) is 0 Å². The average Bonchev–Trinajstić information content (AvgIpc) is 3.12. The quantitative estimate of drug-likeness (QED) is 0.792. The van der Waals surface area contributed by atoms with Crippen LogP contribution in [-0.2, 0) is 16.0 Å². The van der Waals surface area contributed by atoms with Crippen LogP contribution in [0.3, 0.4) is 0 Å². The largest absolute Gasteiger partial charge is 0.491 e. The molecule has 5 heteroatoms. The lowest BCUT2D eigenvalue weighted by Gasteiger charge is -2.47. The van der Waals surface area contributed by atoms with Gasteiger partial charge in [-0.25, -0.2) is 4.79 Å². The molecule has 26 heavy (non-hydrogen) atoms. The van der Waals surface area contributed by atoms with Crippen molar-refractivity contribution >= 4 is 11.5 Å². The van der Waals surface area contributed by atoms with E-state index >= 15 is 0 Å². The molecule has 0 radical (unpaired) electrons. The molecule has 3 aliphatic heterocycles. The molecule has 1 aliphatic carbocycles. The Morgan fingerprint density at radius 2 is 1.96 bits per heavy atom. The molecule has 2 bridgehead atoms. The van der Waals surface area contributed by atoms with Crippen molar-refractivity contribution in [2.45, 2.75) is 32.6 Å². The number of rotatable bonds is 6. The molecule has 3 saturated heterocycles. The molecule has 0 amide bonds. The first-order valence-corrected chi connectivity index (χ1v) is 9.58. The Labute approximate surface area is 154 Å². The fourth-order valence-corrected chi connectivity index (χ4v) is 4.51. The van der Waals surface area contributed by atoms with Crippen molar-refractivity contribution in [1.82, 2.24) is 4.90 Å². The standard InChI is InChI=1S/C21H27NO4/c1-15-18(25-13-12-23)5-3-16-2-4-17(19(15)16)20(24)26-14-21-6-9-22(10-7-21)11-8-21/h3-5,23H,2,6-14H2,1H3. The molecule has 1 N–H and O–H groups in total. The average molecular weight is 357 g/mol. The van der Waals surface area contributed by atoms with E-state index < -0.39 is 0 Å². The van der Waals surface area contributed by atoms with Crippen molar-refractivity contribution in [3.63, 3.8) is 0 Å². The van der Waals surface area contributed by atoms with Crippen LogP contribution in [0.4, 0.5) is 0 Å². The van der Waals surface area contributed by atoms with Gasteiger partial charge in [-0.15, -0.1) is 0 Å². The van der Waals surface area contributed by atoms with Gasteiger partial charge in [0.2, 0.25) is 0 Å². The van der Waals surface area contributed by atoms with Gasteiger partial charge >= 0.3 is 5.97 Å². The monoisotopic (exact) mass is 357 g/mol. The van der Waals surface area contributed by atoms with Crippen molar-refractivity contribution in [2.24, 2.45) is 5.41 Å². The third-order valence-electron chi connectivity index (χ3n) is 6.25. The van der Waals surface area contributed by atoms with Gasteiger partial charge in [0.05, 0.1) is 18.8 Å². The van der Waals surface area contributed by atoms with Crippen LogP contribution in [0.25, 0.3) is 5.57 Å². The number of allylic oxidation sites excluding steroid dienone is 1. The molecule has 140 valence electrons. The lowest BCUT2D eigenvalue weighted by molar-refractivity contribution is -0.143. The normalized spacial score (nSPS) is 26.4. The SMILES string of the molecule is Cc1c(OCCO)ccc2c1C(C(=O)OCC13CCN(CC1)CC3)=CC2. The Morgan fingerprint density at radius 3 is 2.65 bits per heavy atom. The summed E-state index contributed by atoms with van der Waals surface area (Å²) in [7, 11) is 0. The van der Waals surface area contributed by atoms with Gasteiger partial charge in [-0.1, -0.05) is 12.1 Å². The fourth-order valence-electron chi connectivity index (χ4n) is 4.51. The van der Waals surface area contributed by atoms with Crippen molar-refractivity contribution in [3.8, 4) is 5.75 Å². The number of aliphatic hydroxyl groups is 1. The summed E-state index contributed by atoms with van der Waals surface area (Å²) in [6.45, 7) is 6.12. The third kappa shape index (κ3) is 3.14. The fraction of sp³-hybridized carbons (Fsp3) is 0.571. The topological polar surface area (TPSA) is 59.0 Å². The zero-order chi connectivity index (χ0) is 18.1. The van der Waals surface area contributed by atoms with Gasteiger partial charge in [0.1, 0.15) is 12.4 Å². The molecule has 0 atom stereocenters. The zero-order valence-corrected chi connectivity index (χ0v) is 15.4. The van der Waals surface area contributed by atoms with Crippen LogP contribution >= 0.6 is 0 Å². The molecule has 1 aromatic carbocycles. The lowest BCUT2D eigenvalue weighted by atomic mass is 9.73. The zero-order valence-electron chi connectivity index (χ0n) is 15.4. The molecular formula is C21H27NO4. The Balaban J connectivity index is 1.47. The summed E-state index contributed by atoms with van der Waals surface area (Å²) in [5, 5.41) is 8.98. The predicted molar refractivity (Wildman–Crippen MR) is 99.1 cm³/mol. The number of ether oxygens (including phenoxy) is 2. The van der Waals surface area contributed by atoms with Crippen LogP contribution in [0.15, 0.2) is 18.2 Å². The van der Waals surface area contributed by atoms with E-state index in [2.05, 4.69) is 4.90 Å². The van der Waals surface area contributed by atoms with Crippen molar-refractivity contribution in [3.05, 3.63) is 34.9 Å². The molecule has 1 aromatic rings. The van der Waals surface area contributed by atoms with Crippen LogP contribution in [-0.4, -0.2) is 55.4 Å². The Bertz CT molecular complexity index is 718. The molecule has 3 fully saturated rings. The highest BCUT2D eigenvalue weighted by Gasteiger charge is 2.40. The maximum absolute atomic E-state index is 12.8. The first-order valence-electron chi connectivity index (χ1n) is 9.58. The summed E-state index contributed by atoms with van der Waals surface area (Å²) in [6.07, 6.45) is 6.12. The molecule has 4 aliphatic rings. The van der Waals surface area contributed by atoms with Gasteiger partial charge in [-0.05, 0) is 75.0 Å². The summed E-state index contributed by atoms with van der Waals surface area (Å²) in [6, 6.07) is 3.92. The van der Waals surface area contributed by atoms with Crippen LogP contribution in [0.1, 0.15) is 36.0 Å². The van der Waals surface area contributed by atoms with Gasteiger partial charge in [0.25, 0.3) is 0 Å². The summed E-state index contributed by atoms with van der Waals surface area (Å²) < 4.78 is 11.4. The summed E-state index contributed by atoms with van der Waals surface area (Å²) in [5.41, 5.74) is 3.88. The molecule has 5 nitrogen and oxygen atoms in total. The Morgan fingerprint density at radius 1 is 1.23 bits per heavy atom. The van der Waals surface area contributed by atoms with Crippen molar-refractivity contribution in [1.29, 1.82) is 0 Å². The lowest BCUT2D eigenvalue weighted by Crippen LogP contribution is -2.50. The van der Waals surface area contributed by atoms with Crippen LogP contribution in [0, 0.1) is 12.3 Å². The maximum atomic E-state index is 12.8. The van der Waals surface area contributed by atoms with Crippen LogP contribution < -0.4 is 4.74 Å².